The van der Waals surface area contributed by atoms with Gasteiger partial charge in [-0.05, 0) is 57.8 Å². The molecule has 0 fully saturated rings. The lowest BCUT2D eigenvalue weighted by Crippen LogP contribution is -2.37. The van der Waals surface area contributed by atoms with Gasteiger partial charge in [0.05, 0.1) is 27.7 Å². The molecule has 0 aromatic heterocycles. The first kappa shape index (κ1) is 65.7. The van der Waals surface area contributed by atoms with Gasteiger partial charge in [0.15, 0.2) is 6.10 Å². The summed E-state index contributed by atoms with van der Waals surface area (Å²) in [5.74, 6) is -0.793. The summed E-state index contributed by atoms with van der Waals surface area (Å²) in [4.78, 5) is 35.6. The molecule has 0 saturated heterocycles. The van der Waals surface area contributed by atoms with E-state index in [1.54, 1.807) is 0 Å². The molecule has 0 amide bonds. The molecular weight excluding hydrogens is 870 g/mol. The maximum Gasteiger partial charge on any atom is 0.472 e. The highest BCUT2D eigenvalue weighted by atomic mass is 31.2. The van der Waals surface area contributed by atoms with Gasteiger partial charge in [0.2, 0.25) is 0 Å². The summed E-state index contributed by atoms with van der Waals surface area (Å²) < 4.78 is 34.5. The molecule has 10 heteroatoms. The first-order valence-electron chi connectivity index (χ1n) is 28.0. The second-order valence-corrected chi connectivity index (χ2v) is 21.4. The van der Waals surface area contributed by atoms with E-state index in [1.165, 1.54) is 141 Å². The van der Waals surface area contributed by atoms with E-state index < -0.39 is 26.5 Å². The number of rotatable bonds is 51. The van der Waals surface area contributed by atoms with Crippen LogP contribution in [-0.4, -0.2) is 74.9 Å². The molecule has 9 nitrogen and oxygen atoms in total. The Morgan fingerprint density at radius 3 is 1.25 bits per heavy atom. The molecule has 0 saturated carbocycles. The molecule has 68 heavy (non-hydrogen) atoms. The summed E-state index contributed by atoms with van der Waals surface area (Å²) in [7, 11) is 1.48. The van der Waals surface area contributed by atoms with Crippen LogP contribution in [0.5, 0.6) is 0 Å². The van der Waals surface area contributed by atoms with Crippen molar-refractivity contribution >= 4 is 19.8 Å². The average molecular weight is 977 g/mol. The summed E-state index contributed by atoms with van der Waals surface area (Å²) in [6, 6.07) is 0. The summed E-state index contributed by atoms with van der Waals surface area (Å²) in [5, 5.41) is 0. The van der Waals surface area contributed by atoms with E-state index in [2.05, 4.69) is 74.6 Å². The molecular formula is C58H107NO8P+. The average Bonchev–Trinajstić information content (AvgIpc) is 3.30. The number of phosphoric acid groups is 1. The van der Waals surface area contributed by atoms with Crippen LogP contribution < -0.4 is 0 Å². The maximum absolute atomic E-state index is 12.8. The second-order valence-electron chi connectivity index (χ2n) is 19.9. The standard InChI is InChI=1S/C58H106NO8P/c1-6-8-10-12-14-16-18-20-22-24-25-26-27-28-29-30-31-32-33-35-37-39-41-43-45-47-49-51-58(61)67-56(55-66-68(62,63)65-53-52-59(3,4)5)54-64-57(60)50-48-46-44-42-40-38-36-34-23-21-19-17-15-13-11-9-7-2/h8,10,14,16,20,22,25-26,28-29,56H,6-7,9,11-13,15,17-19,21,23-24,27,30-55H2,1-5H3/p+1/b10-8-,16-14-,22-20-,26-25-,29-28-. The fourth-order valence-electron chi connectivity index (χ4n) is 7.75. The highest BCUT2D eigenvalue weighted by Gasteiger charge is 2.27. The van der Waals surface area contributed by atoms with E-state index in [0.29, 0.717) is 23.9 Å². The molecule has 0 rings (SSSR count). The number of quaternary nitrogens is 1. The third kappa shape index (κ3) is 53.1. The van der Waals surface area contributed by atoms with Crippen LogP contribution >= 0.6 is 7.82 Å². The minimum atomic E-state index is -4.38. The van der Waals surface area contributed by atoms with Crippen LogP contribution in [0.2, 0.25) is 0 Å². The highest BCUT2D eigenvalue weighted by Crippen LogP contribution is 2.43. The van der Waals surface area contributed by atoms with Crippen LogP contribution in [-0.2, 0) is 32.7 Å². The van der Waals surface area contributed by atoms with E-state index in [9.17, 15) is 19.0 Å². The number of ether oxygens (including phenoxy) is 2. The summed E-state index contributed by atoms with van der Waals surface area (Å²) in [5.41, 5.74) is 0. The predicted octanol–water partition coefficient (Wildman–Crippen LogP) is 17.1. The molecule has 0 aliphatic carbocycles. The Morgan fingerprint density at radius 1 is 0.471 bits per heavy atom. The molecule has 0 radical (unpaired) electrons. The number of hydrogen-bond donors (Lipinski definition) is 1. The van der Waals surface area contributed by atoms with Crippen molar-refractivity contribution in [2.75, 3.05) is 47.5 Å². The van der Waals surface area contributed by atoms with E-state index in [-0.39, 0.29) is 25.6 Å². The minimum Gasteiger partial charge on any atom is -0.462 e. The zero-order valence-corrected chi connectivity index (χ0v) is 45.7. The fourth-order valence-corrected chi connectivity index (χ4v) is 8.49. The number of carbonyl (C=O) groups excluding carboxylic acids is 2. The predicted molar refractivity (Wildman–Crippen MR) is 289 cm³/mol. The van der Waals surface area contributed by atoms with Crippen molar-refractivity contribution in [3.8, 4) is 0 Å². The lowest BCUT2D eigenvalue weighted by atomic mass is 10.0. The van der Waals surface area contributed by atoms with Crippen molar-refractivity contribution in [2.24, 2.45) is 0 Å². The fraction of sp³-hybridized carbons (Fsp3) is 0.793. The Balaban J connectivity index is 4.17. The molecule has 0 aromatic rings. The second kappa shape index (κ2) is 49.7. The molecule has 2 atom stereocenters. The van der Waals surface area contributed by atoms with Gasteiger partial charge in [-0.2, -0.15) is 0 Å². The number of hydrogen-bond acceptors (Lipinski definition) is 7. The molecule has 0 aromatic carbocycles. The van der Waals surface area contributed by atoms with Gasteiger partial charge < -0.3 is 18.9 Å². The first-order chi connectivity index (χ1) is 33.0. The topological polar surface area (TPSA) is 108 Å². The Hall–Kier alpha value is -2.29. The van der Waals surface area contributed by atoms with Gasteiger partial charge in [-0.1, -0.05) is 235 Å². The molecule has 396 valence electrons. The Labute approximate surface area is 419 Å². The van der Waals surface area contributed by atoms with Crippen LogP contribution in [0.15, 0.2) is 60.8 Å². The van der Waals surface area contributed by atoms with Gasteiger partial charge in [0.25, 0.3) is 0 Å². The number of allylic oxidation sites excluding steroid dienone is 10. The zero-order chi connectivity index (χ0) is 49.9. The van der Waals surface area contributed by atoms with Gasteiger partial charge in [0, 0.05) is 12.8 Å². The number of esters is 2. The van der Waals surface area contributed by atoms with Crippen LogP contribution in [0.25, 0.3) is 0 Å². The Kier molecular flexibility index (Phi) is 48.0. The van der Waals surface area contributed by atoms with Gasteiger partial charge in [-0.3, -0.25) is 18.6 Å². The molecule has 2 unspecified atom stereocenters. The highest BCUT2D eigenvalue weighted by molar-refractivity contribution is 7.47. The van der Waals surface area contributed by atoms with E-state index in [1.807, 2.05) is 21.1 Å². The monoisotopic (exact) mass is 977 g/mol. The number of carbonyl (C=O) groups is 2. The van der Waals surface area contributed by atoms with Crippen molar-refractivity contribution in [3.63, 3.8) is 0 Å². The maximum atomic E-state index is 12.8. The first-order valence-corrected chi connectivity index (χ1v) is 29.5. The lowest BCUT2D eigenvalue weighted by molar-refractivity contribution is -0.870. The SMILES string of the molecule is CC/C=C\C/C=C\C/C=C\C/C=C\C/C=C\CCCCCCCCCCCCCC(=O)OC(COC(=O)CCCCCCCCCCCCCCCCCCC)COP(=O)(O)OCC[N+](C)(C)C. The Bertz CT molecular complexity index is 1340. The van der Waals surface area contributed by atoms with Crippen molar-refractivity contribution in [1.82, 2.24) is 0 Å². The number of unbranched alkanes of at least 4 members (excludes halogenated alkanes) is 27. The quantitative estimate of drug-likeness (QED) is 0.0211. The lowest BCUT2D eigenvalue weighted by Gasteiger charge is -2.24. The van der Waals surface area contributed by atoms with Crippen LogP contribution in [0.4, 0.5) is 0 Å². The van der Waals surface area contributed by atoms with Crippen LogP contribution in [0.1, 0.15) is 245 Å². The van der Waals surface area contributed by atoms with Gasteiger partial charge in [0.1, 0.15) is 19.8 Å². The van der Waals surface area contributed by atoms with Gasteiger partial charge >= 0.3 is 19.8 Å². The molecule has 0 bridgehead atoms. The molecule has 0 aliphatic rings. The summed E-state index contributed by atoms with van der Waals surface area (Å²) in [6.07, 6.45) is 62.8. The van der Waals surface area contributed by atoms with E-state index >= 15 is 0 Å². The minimum absolute atomic E-state index is 0.0308. The molecule has 0 spiro atoms. The van der Waals surface area contributed by atoms with Crippen molar-refractivity contribution < 1.29 is 42.1 Å². The van der Waals surface area contributed by atoms with Crippen molar-refractivity contribution in [2.45, 2.75) is 251 Å². The van der Waals surface area contributed by atoms with Gasteiger partial charge in [-0.15, -0.1) is 0 Å². The number of phosphoric ester groups is 1. The van der Waals surface area contributed by atoms with Crippen molar-refractivity contribution in [3.05, 3.63) is 60.8 Å². The molecule has 0 aliphatic heterocycles. The number of nitrogens with zero attached hydrogens (tertiary/aromatic N) is 1. The molecule has 1 N–H and O–H groups in total. The third-order valence-electron chi connectivity index (χ3n) is 12.1. The largest absolute Gasteiger partial charge is 0.472 e. The Morgan fingerprint density at radius 2 is 0.838 bits per heavy atom. The zero-order valence-electron chi connectivity index (χ0n) is 44.8. The number of likely N-dealkylation sites (N-methyl/N-ethyl adjacent to an activating group) is 1. The molecule has 0 heterocycles. The smallest absolute Gasteiger partial charge is 0.462 e. The van der Waals surface area contributed by atoms with E-state index in [0.717, 1.165) is 70.6 Å². The summed E-state index contributed by atoms with van der Waals surface area (Å²) >= 11 is 0. The van der Waals surface area contributed by atoms with E-state index in [4.69, 9.17) is 18.5 Å². The third-order valence-corrected chi connectivity index (χ3v) is 13.0. The van der Waals surface area contributed by atoms with Crippen LogP contribution in [0, 0.1) is 0 Å². The normalized spacial score (nSPS) is 13.8. The van der Waals surface area contributed by atoms with Crippen LogP contribution in [0.3, 0.4) is 0 Å². The van der Waals surface area contributed by atoms with Gasteiger partial charge in [-0.25, -0.2) is 4.57 Å². The van der Waals surface area contributed by atoms with Crippen molar-refractivity contribution in [1.29, 1.82) is 0 Å². The summed E-state index contributed by atoms with van der Waals surface area (Å²) in [6.45, 7) is 4.34.